The number of aromatic nitrogens is 2. The van der Waals surface area contributed by atoms with Crippen molar-refractivity contribution in [2.75, 3.05) is 13.7 Å². The fraction of sp³-hybridized carbons (Fsp3) is 0.333. The molecule has 12 heteroatoms. The molecule has 0 saturated heterocycles. The molecule has 0 radical (unpaired) electrons. The monoisotopic (exact) mass is 555 g/mol. The van der Waals surface area contributed by atoms with Gasteiger partial charge in [0.25, 0.3) is 0 Å². The number of hydrogen-bond acceptors (Lipinski definition) is 6. The summed E-state index contributed by atoms with van der Waals surface area (Å²) in [4.78, 5) is 11.8. The first kappa shape index (κ1) is 26.4. The smallest absolute Gasteiger partial charge is 0.327 e. The van der Waals surface area contributed by atoms with Crippen molar-refractivity contribution in [2.24, 2.45) is 0 Å². The zero-order chi connectivity index (χ0) is 26.0. The molecule has 1 aromatic heterocycles. The van der Waals surface area contributed by atoms with Gasteiger partial charge in [0, 0.05) is 24.4 Å². The topological polar surface area (TPSA) is 90.7 Å². The SMILES string of the molecule is CCOC(=O)Cn1ncc2c1CCCC2N(C)S(=O)(=O)c1ccc(Oc2ccc(F)cc2Cl)cc1Cl. The van der Waals surface area contributed by atoms with Crippen LogP contribution >= 0.6 is 23.2 Å². The van der Waals surface area contributed by atoms with E-state index in [-0.39, 0.29) is 39.6 Å². The highest BCUT2D eigenvalue weighted by molar-refractivity contribution is 7.89. The molecule has 1 atom stereocenters. The van der Waals surface area contributed by atoms with Gasteiger partial charge in [0.15, 0.2) is 0 Å². The van der Waals surface area contributed by atoms with Gasteiger partial charge in [0.2, 0.25) is 10.0 Å². The predicted octanol–water partition coefficient (Wildman–Crippen LogP) is 5.38. The quantitative estimate of drug-likeness (QED) is 0.346. The number of halogens is 3. The van der Waals surface area contributed by atoms with Gasteiger partial charge in [-0.25, -0.2) is 12.8 Å². The van der Waals surface area contributed by atoms with E-state index >= 15 is 0 Å². The van der Waals surface area contributed by atoms with Crippen molar-refractivity contribution < 1.29 is 27.1 Å². The molecule has 1 aliphatic carbocycles. The third-order valence-electron chi connectivity index (χ3n) is 5.94. The molecule has 36 heavy (non-hydrogen) atoms. The van der Waals surface area contributed by atoms with Gasteiger partial charge in [-0.15, -0.1) is 0 Å². The van der Waals surface area contributed by atoms with Crippen LogP contribution in [0.2, 0.25) is 10.0 Å². The number of esters is 1. The largest absolute Gasteiger partial charge is 0.465 e. The van der Waals surface area contributed by atoms with Gasteiger partial charge < -0.3 is 9.47 Å². The van der Waals surface area contributed by atoms with E-state index in [2.05, 4.69) is 5.10 Å². The van der Waals surface area contributed by atoms with E-state index in [4.69, 9.17) is 32.7 Å². The number of rotatable bonds is 8. The van der Waals surface area contributed by atoms with Crippen LogP contribution in [0.15, 0.2) is 47.5 Å². The maximum Gasteiger partial charge on any atom is 0.327 e. The lowest BCUT2D eigenvalue weighted by atomic mass is 9.93. The van der Waals surface area contributed by atoms with Crippen molar-refractivity contribution in [2.45, 2.75) is 43.7 Å². The third kappa shape index (κ3) is 5.36. The summed E-state index contributed by atoms with van der Waals surface area (Å²) in [5, 5.41) is 4.34. The van der Waals surface area contributed by atoms with Crippen LogP contribution in [0.1, 0.15) is 37.1 Å². The molecule has 0 aliphatic heterocycles. The predicted molar refractivity (Wildman–Crippen MR) is 132 cm³/mol. The molecule has 0 fully saturated rings. The Morgan fingerprint density at radius 2 is 2.00 bits per heavy atom. The molecule has 2 aromatic carbocycles. The second-order valence-electron chi connectivity index (χ2n) is 8.21. The van der Waals surface area contributed by atoms with E-state index in [1.54, 1.807) is 17.8 Å². The number of sulfonamides is 1. The highest BCUT2D eigenvalue weighted by Crippen LogP contribution is 2.39. The lowest BCUT2D eigenvalue weighted by molar-refractivity contribution is -0.144. The Morgan fingerprint density at radius 1 is 1.22 bits per heavy atom. The molecule has 0 saturated carbocycles. The van der Waals surface area contributed by atoms with Crippen LogP contribution in [-0.2, 0) is 32.5 Å². The summed E-state index contributed by atoms with van der Waals surface area (Å²) in [5.41, 5.74) is 1.56. The summed E-state index contributed by atoms with van der Waals surface area (Å²) < 4.78 is 53.8. The average Bonchev–Trinajstić information content (AvgIpc) is 3.23. The fourth-order valence-corrected chi connectivity index (χ4v) is 6.28. The summed E-state index contributed by atoms with van der Waals surface area (Å²) in [6.45, 7) is 1.97. The molecule has 0 spiro atoms. The van der Waals surface area contributed by atoms with Crippen molar-refractivity contribution in [3.05, 3.63) is 69.7 Å². The Balaban J connectivity index is 1.57. The van der Waals surface area contributed by atoms with Gasteiger partial charge in [-0.1, -0.05) is 23.2 Å². The maximum atomic E-state index is 13.5. The van der Waals surface area contributed by atoms with Crippen molar-refractivity contribution in [3.63, 3.8) is 0 Å². The number of ether oxygens (including phenoxy) is 2. The Hall–Kier alpha value is -2.66. The zero-order valence-corrected chi connectivity index (χ0v) is 21.9. The van der Waals surface area contributed by atoms with Crippen LogP contribution in [0.5, 0.6) is 11.5 Å². The van der Waals surface area contributed by atoms with Crippen molar-refractivity contribution in [3.8, 4) is 11.5 Å². The first-order valence-corrected chi connectivity index (χ1v) is 13.4. The Bertz CT molecular complexity index is 1400. The molecule has 4 rings (SSSR count). The Kier molecular flexibility index (Phi) is 7.89. The minimum absolute atomic E-state index is 0.0300. The molecule has 0 bridgehead atoms. The van der Waals surface area contributed by atoms with Gasteiger partial charge >= 0.3 is 5.97 Å². The summed E-state index contributed by atoms with van der Waals surface area (Å²) in [7, 11) is -2.50. The van der Waals surface area contributed by atoms with Crippen molar-refractivity contribution >= 4 is 39.2 Å². The first-order chi connectivity index (χ1) is 17.1. The Labute approximate surface area is 218 Å². The number of carbonyl (C=O) groups is 1. The van der Waals surface area contributed by atoms with Crippen LogP contribution < -0.4 is 4.74 Å². The van der Waals surface area contributed by atoms with Gasteiger partial charge in [-0.2, -0.15) is 9.40 Å². The van der Waals surface area contributed by atoms with Gasteiger partial charge in [0.05, 0.1) is 28.9 Å². The van der Waals surface area contributed by atoms with Gasteiger partial charge in [-0.3, -0.25) is 9.48 Å². The number of carbonyl (C=O) groups excluding carboxylic acids is 1. The highest BCUT2D eigenvalue weighted by Gasteiger charge is 2.35. The van der Waals surface area contributed by atoms with E-state index in [1.165, 1.54) is 41.7 Å². The molecule has 1 aliphatic rings. The first-order valence-electron chi connectivity index (χ1n) is 11.2. The molecule has 1 unspecified atom stereocenters. The van der Waals surface area contributed by atoms with Crippen LogP contribution in [0, 0.1) is 5.82 Å². The van der Waals surface area contributed by atoms with E-state index in [0.717, 1.165) is 23.7 Å². The summed E-state index contributed by atoms with van der Waals surface area (Å²) in [6, 6.07) is 7.38. The molecule has 0 N–H and O–H groups in total. The van der Waals surface area contributed by atoms with Gasteiger partial charge in [0.1, 0.15) is 28.8 Å². The van der Waals surface area contributed by atoms with Crippen LogP contribution in [0.25, 0.3) is 0 Å². The number of benzene rings is 2. The lowest BCUT2D eigenvalue weighted by Gasteiger charge is -2.31. The van der Waals surface area contributed by atoms with E-state index in [1.807, 2.05) is 0 Å². The van der Waals surface area contributed by atoms with Crippen LogP contribution in [-0.4, -0.2) is 42.1 Å². The van der Waals surface area contributed by atoms with Crippen LogP contribution in [0.4, 0.5) is 4.39 Å². The number of nitrogens with zero attached hydrogens (tertiary/aromatic N) is 3. The fourth-order valence-electron chi connectivity index (χ4n) is 4.20. The highest BCUT2D eigenvalue weighted by atomic mass is 35.5. The normalized spacial score (nSPS) is 15.6. The van der Waals surface area contributed by atoms with E-state index in [0.29, 0.717) is 12.8 Å². The van der Waals surface area contributed by atoms with E-state index in [9.17, 15) is 17.6 Å². The third-order valence-corrected chi connectivity index (χ3v) is 8.58. The van der Waals surface area contributed by atoms with Crippen molar-refractivity contribution in [1.29, 1.82) is 0 Å². The second-order valence-corrected chi connectivity index (χ2v) is 11.0. The molecule has 3 aromatic rings. The standard InChI is InChI=1S/C24H24Cl2FN3O5S/c1-3-34-24(31)14-30-21-6-4-5-20(17(21)13-28-30)29(2)36(32,33)23-10-8-16(12-19(23)26)35-22-9-7-15(27)11-18(22)25/h7-13,20H,3-6,14H2,1-2H3. The summed E-state index contributed by atoms with van der Waals surface area (Å²) >= 11 is 12.4. The summed E-state index contributed by atoms with van der Waals surface area (Å²) in [5.74, 6) is -0.457. The van der Waals surface area contributed by atoms with E-state index < -0.39 is 27.9 Å². The second kappa shape index (κ2) is 10.8. The average molecular weight is 556 g/mol. The Morgan fingerprint density at radius 3 is 2.69 bits per heavy atom. The minimum atomic E-state index is -4.00. The molecule has 192 valence electrons. The van der Waals surface area contributed by atoms with Crippen LogP contribution in [0.3, 0.4) is 0 Å². The van der Waals surface area contributed by atoms with Crippen molar-refractivity contribution in [1.82, 2.24) is 14.1 Å². The number of hydrogen-bond donors (Lipinski definition) is 0. The van der Waals surface area contributed by atoms with Gasteiger partial charge in [-0.05, 0) is 56.5 Å². The maximum absolute atomic E-state index is 13.5. The molecule has 0 amide bonds. The molecule has 8 nitrogen and oxygen atoms in total. The molecular weight excluding hydrogens is 532 g/mol. The summed E-state index contributed by atoms with van der Waals surface area (Å²) in [6.07, 6.45) is 3.61. The molecule has 1 heterocycles. The lowest BCUT2D eigenvalue weighted by Crippen LogP contribution is -2.33. The zero-order valence-electron chi connectivity index (χ0n) is 19.6. The molecular formula is C24H24Cl2FN3O5S. The number of fused-ring (bicyclic) bond motifs is 1. The minimum Gasteiger partial charge on any atom is -0.465 e.